The predicted molar refractivity (Wildman–Crippen MR) is 85.0 cm³/mol. The van der Waals surface area contributed by atoms with Gasteiger partial charge in [0.2, 0.25) is 0 Å². The Kier molecular flexibility index (Phi) is 5.91. The fraction of sp³-hybridized carbons (Fsp3) is 0.615. The summed E-state index contributed by atoms with van der Waals surface area (Å²) < 4.78 is 31.2. The number of hydrogen-bond acceptors (Lipinski definition) is 6. The summed E-state index contributed by atoms with van der Waals surface area (Å²) in [5.41, 5.74) is 0. The van der Waals surface area contributed by atoms with Crippen LogP contribution in [0, 0.1) is 5.92 Å². The SMILES string of the molecule is CN(C)S(=O)(=O)N1CCC(CNC(=O)C(=O)Nc2ccon2)CC1. The molecule has 1 aromatic rings. The van der Waals surface area contributed by atoms with Crippen molar-refractivity contribution >= 4 is 27.8 Å². The number of amides is 2. The van der Waals surface area contributed by atoms with Crippen LogP contribution in [0.3, 0.4) is 0 Å². The first-order chi connectivity index (χ1) is 11.3. The van der Waals surface area contributed by atoms with E-state index in [1.54, 1.807) is 0 Å². The molecule has 0 unspecified atom stereocenters. The van der Waals surface area contributed by atoms with Gasteiger partial charge in [0.25, 0.3) is 10.2 Å². The van der Waals surface area contributed by atoms with Gasteiger partial charge >= 0.3 is 11.8 Å². The lowest BCUT2D eigenvalue weighted by atomic mass is 9.98. The number of nitrogens with one attached hydrogen (secondary N) is 2. The monoisotopic (exact) mass is 359 g/mol. The standard InChI is InChI=1S/C13H21N5O5S/c1-17(2)24(21,22)18-6-3-10(4-7-18)9-14-12(19)13(20)15-11-5-8-23-16-11/h5,8,10H,3-4,6-7,9H2,1-2H3,(H,14,19)(H,15,16,20). The van der Waals surface area contributed by atoms with Crippen molar-refractivity contribution in [1.82, 2.24) is 19.1 Å². The lowest BCUT2D eigenvalue weighted by Gasteiger charge is -2.32. The van der Waals surface area contributed by atoms with Gasteiger partial charge in [-0.15, -0.1) is 0 Å². The maximum Gasteiger partial charge on any atom is 0.314 e. The number of carbonyl (C=O) groups is 2. The van der Waals surface area contributed by atoms with Crippen molar-refractivity contribution < 1.29 is 22.5 Å². The van der Waals surface area contributed by atoms with Crippen LogP contribution in [0.4, 0.5) is 5.82 Å². The highest BCUT2D eigenvalue weighted by atomic mass is 32.2. The van der Waals surface area contributed by atoms with Crippen LogP contribution in [-0.4, -0.2) is 67.7 Å². The minimum atomic E-state index is -3.40. The molecule has 2 heterocycles. The largest absolute Gasteiger partial charge is 0.363 e. The molecular formula is C13H21N5O5S. The van der Waals surface area contributed by atoms with E-state index in [-0.39, 0.29) is 11.7 Å². The average molecular weight is 359 g/mol. The molecule has 134 valence electrons. The zero-order valence-corrected chi connectivity index (χ0v) is 14.4. The van der Waals surface area contributed by atoms with E-state index in [1.165, 1.54) is 35.0 Å². The summed E-state index contributed by atoms with van der Waals surface area (Å²) in [6.45, 7) is 1.11. The van der Waals surface area contributed by atoms with Crippen LogP contribution in [0.25, 0.3) is 0 Å². The minimum absolute atomic E-state index is 0.127. The summed E-state index contributed by atoms with van der Waals surface area (Å²) in [5.74, 6) is -1.29. The fourth-order valence-corrected chi connectivity index (χ4v) is 3.48. The van der Waals surface area contributed by atoms with Gasteiger partial charge < -0.3 is 9.84 Å². The molecule has 2 rings (SSSR count). The quantitative estimate of drug-likeness (QED) is 0.666. The van der Waals surface area contributed by atoms with Crippen molar-refractivity contribution in [2.45, 2.75) is 12.8 Å². The molecule has 0 atom stereocenters. The summed E-state index contributed by atoms with van der Waals surface area (Å²) in [4.78, 5) is 23.4. The number of anilines is 1. The van der Waals surface area contributed by atoms with E-state index in [2.05, 4.69) is 20.3 Å². The van der Waals surface area contributed by atoms with E-state index in [0.717, 1.165) is 0 Å². The van der Waals surface area contributed by atoms with Crippen LogP contribution >= 0.6 is 0 Å². The van der Waals surface area contributed by atoms with Crippen LogP contribution < -0.4 is 10.6 Å². The average Bonchev–Trinajstić information content (AvgIpc) is 3.05. The van der Waals surface area contributed by atoms with E-state index in [1.807, 2.05) is 0 Å². The Hall–Kier alpha value is -1.98. The zero-order chi connectivity index (χ0) is 17.7. The van der Waals surface area contributed by atoms with Gasteiger partial charge in [-0.2, -0.15) is 17.0 Å². The van der Waals surface area contributed by atoms with Gasteiger partial charge in [0.05, 0.1) is 0 Å². The number of nitrogens with zero attached hydrogens (tertiary/aromatic N) is 3. The first kappa shape index (κ1) is 18.4. The molecule has 0 aliphatic carbocycles. The molecule has 0 spiro atoms. The molecule has 1 aliphatic rings. The highest BCUT2D eigenvalue weighted by Gasteiger charge is 2.29. The van der Waals surface area contributed by atoms with Crippen LogP contribution in [-0.2, 0) is 19.8 Å². The van der Waals surface area contributed by atoms with E-state index in [4.69, 9.17) is 0 Å². The molecule has 1 fully saturated rings. The second-order valence-electron chi connectivity index (χ2n) is 5.68. The van der Waals surface area contributed by atoms with E-state index in [9.17, 15) is 18.0 Å². The molecular weight excluding hydrogens is 338 g/mol. The Morgan fingerprint density at radius 3 is 2.54 bits per heavy atom. The van der Waals surface area contributed by atoms with Gasteiger partial charge in [0, 0.05) is 39.8 Å². The Morgan fingerprint density at radius 2 is 2.00 bits per heavy atom. The third kappa shape index (κ3) is 4.52. The molecule has 1 aromatic heterocycles. The molecule has 1 saturated heterocycles. The highest BCUT2D eigenvalue weighted by Crippen LogP contribution is 2.19. The summed E-state index contributed by atoms with van der Waals surface area (Å²) in [6.07, 6.45) is 2.53. The van der Waals surface area contributed by atoms with Crippen LogP contribution in [0.1, 0.15) is 12.8 Å². The smallest absolute Gasteiger partial charge is 0.314 e. The fourth-order valence-electron chi connectivity index (χ4n) is 2.34. The van der Waals surface area contributed by atoms with Crippen molar-refractivity contribution in [3.05, 3.63) is 12.3 Å². The molecule has 1 aliphatic heterocycles. The van der Waals surface area contributed by atoms with Gasteiger partial charge in [-0.1, -0.05) is 5.16 Å². The van der Waals surface area contributed by atoms with Crippen LogP contribution in [0.2, 0.25) is 0 Å². The van der Waals surface area contributed by atoms with Crippen molar-refractivity contribution in [3.8, 4) is 0 Å². The third-order valence-corrected chi connectivity index (χ3v) is 5.74. The van der Waals surface area contributed by atoms with Crippen molar-refractivity contribution in [2.75, 3.05) is 39.0 Å². The van der Waals surface area contributed by atoms with Gasteiger partial charge in [0.1, 0.15) is 6.26 Å². The summed E-state index contributed by atoms with van der Waals surface area (Å²) >= 11 is 0. The van der Waals surface area contributed by atoms with Gasteiger partial charge in [-0.05, 0) is 18.8 Å². The molecule has 0 aromatic carbocycles. The Bertz CT molecular complexity index is 665. The number of aromatic nitrogens is 1. The molecule has 2 amide bonds. The van der Waals surface area contributed by atoms with Crippen molar-refractivity contribution in [3.63, 3.8) is 0 Å². The first-order valence-electron chi connectivity index (χ1n) is 7.48. The normalized spacial score (nSPS) is 17.0. The second-order valence-corrected chi connectivity index (χ2v) is 7.82. The lowest BCUT2D eigenvalue weighted by molar-refractivity contribution is -0.136. The van der Waals surface area contributed by atoms with Crippen molar-refractivity contribution in [2.24, 2.45) is 5.92 Å². The summed E-state index contributed by atoms with van der Waals surface area (Å²) in [7, 11) is -0.407. The Labute approximate surface area is 140 Å². The second kappa shape index (κ2) is 7.73. The van der Waals surface area contributed by atoms with Crippen LogP contribution in [0.15, 0.2) is 16.9 Å². The molecule has 0 bridgehead atoms. The first-order valence-corrected chi connectivity index (χ1v) is 8.87. The molecule has 11 heteroatoms. The van der Waals surface area contributed by atoms with E-state index >= 15 is 0 Å². The number of rotatable bonds is 5. The van der Waals surface area contributed by atoms with Gasteiger partial charge in [-0.25, -0.2) is 0 Å². The molecule has 0 saturated carbocycles. The maximum absolute atomic E-state index is 12.0. The van der Waals surface area contributed by atoms with E-state index < -0.39 is 22.0 Å². The number of hydrogen-bond donors (Lipinski definition) is 2. The Balaban J connectivity index is 1.74. The molecule has 0 radical (unpaired) electrons. The topological polar surface area (TPSA) is 125 Å². The van der Waals surface area contributed by atoms with Crippen molar-refractivity contribution in [1.29, 1.82) is 0 Å². The number of piperidine rings is 1. The van der Waals surface area contributed by atoms with Crippen LogP contribution in [0.5, 0.6) is 0 Å². The van der Waals surface area contributed by atoms with Gasteiger partial charge in [-0.3, -0.25) is 14.9 Å². The lowest BCUT2D eigenvalue weighted by Crippen LogP contribution is -2.46. The number of carbonyl (C=O) groups excluding carboxylic acids is 2. The van der Waals surface area contributed by atoms with E-state index in [0.29, 0.717) is 32.5 Å². The Morgan fingerprint density at radius 1 is 1.33 bits per heavy atom. The highest BCUT2D eigenvalue weighted by molar-refractivity contribution is 7.86. The molecule has 2 N–H and O–H groups in total. The molecule has 10 nitrogen and oxygen atoms in total. The molecule has 24 heavy (non-hydrogen) atoms. The summed E-state index contributed by atoms with van der Waals surface area (Å²) in [5, 5.41) is 8.33. The maximum atomic E-state index is 12.0. The summed E-state index contributed by atoms with van der Waals surface area (Å²) in [6, 6.07) is 1.42. The minimum Gasteiger partial charge on any atom is -0.363 e. The van der Waals surface area contributed by atoms with Gasteiger partial charge in [0.15, 0.2) is 5.82 Å². The predicted octanol–water partition coefficient (Wildman–Crippen LogP) is -0.752. The zero-order valence-electron chi connectivity index (χ0n) is 13.6. The third-order valence-electron chi connectivity index (χ3n) is 3.80.